The molecule has 1 aromatic heterocycles. The summed E-state index contributed by atoms with van der Waals surface area (Å²) >= 11 is 0. The molecule has 0 aliphatic heterocycles. The molecule has 0 saturated heterocycles. The second-order valence-corrected chi connectivity index (χ2v) is 4.03. The molecular formula is C13H15N3O3. The predicted molar refractivity (Wildman–Crippen MR) is 69.0 cm³/mol. The molecule has 3 N–H and O–H groups in total. The summed E-state index contributed by atoms with van der Waals surface area (Å²) in [5, 5.41) is 24.4. The Kier molecular flexibility index (Phi) is 4.27. The number of nitrogens with one attached hydrogen (secondary N) is 1. The fraction of sp³-hybridized carbons (Fsp3) is 0.231. The fourth-order valence-corrected chi connectivity index (χ4v) is 1.54. The molecule has 0 bridgehead atoms. The summed E-state index contributed by atoms with van der Waals surface area (Å²) in [6, 6.07) is 11.0. The van der Waals surface area contributed by atoms with Gasteiger partial charge in [-0.1, -0.05) is 18.2 Å². The monoisotopic (exact) mass is 261 g/mol. The minimum atomic E-state index is -0.958. The summed E-state index contributed by atoms with van der Waals surface area (Å²) in [5.74, 6) is -0.387. The molecule has 2 aromatic rings. The zero-order valence-corrected chi connectivity index (χ0v) is 10.2. The van der Waals surface area contributed by atoms with E-state index in [2.05, 4.69) is 10.4 Å². The topological polar surface area (TPSA) is 87.4 Å². The summed E-state index contributed by atoms with van der Waals surface area (Å²) in [7, 11) is 0. The van der Waals surface area contributed by atoms with Crippen LogP contribution in [0, 0.1) is 0 Å². The molecule has 0 radical (unpaired) electrons. The third kappa shape index (κ3) is 3.40. The maximum Gasteiger partial charge on any atom is 0.271 e. The van der Waals surface area contributed by atoms with Crippen LogP contribution in [0.4, 0.5) is 0 Å². The van der Waals surface area contributed by atoms with Gasteiger partial charge in [-0.15, -0.1) is 0 Å². The molecule has 0 aliphatic carbocycles. The maximum absolute atomic E-state index is 11.7. The predicted octanol–water partition coefficient (Wildman–Crippen LogP) is -0.0447. The number of carbonyl (C=O) groups excluding carboxylic acids is 1. The lowest BCUT2D eigenvalue weighted by atomic mass is 10.3. The van der Waals surface area contributed by atoms with E-state index in [1.165, 1.54) is 0 Å². The number of aromatic nitrogens is 2. The molecule has 0 fully saturated rings. The summed E-state index contributed by atoms with van der Waals surface area (Å²) in [4.78, 5) is 11.7. The lowest BCUT2D eigenvalue weighted by molar-refractivity contribution is 0.0798. The molecule has 1 heterocycles. The SMILES string of the molecule is O=C(NCC(O)CO)c1ccn(-c2ccccc2)n1. The van der Waals surface area contributed by atoms with Crippen molar-refractivity contribution in [3.05, 3.63) is 48.3 Å². The van der Waals surface area contributed by atoms with Crippen molar-refractivity contribution < 1.29 is 15.0 Å². The first kappa shape index (κ1) is 13.3. The molecule has 0 spiro atoms. The molecule has 1 atom stereocenters. The molecule has 6 nitrogen and oxygen atoms in total. The van der Waals surface area contributed by atoms with E-state index in [4.69, 9.17) is 10.2 Å². The number of amides is 1. The second-order valence-electron chi connectivity index (χ2n) is 4.03. The highest BCUT2D eigenvalue weighted by atomic mass is 16.3. The van der Waals surface area contributed by atoms with Crippen LogP contribution in [0.25, 0.3) is 5.69 Å². The van der Waals surface area contributed by atoms with Crippen LogP contribution in [0.5, 0.6) is 0 Å². The van der Waals surface area contributed by atoms with Crippen molar-refractivity contribution in [1.29, 1.82) is 0 Å². The quantitative estimate of drug-likeness (QED) is 0.704. The summed E-state index contributed by atoms with van der Waals surface area (Å²) in [6.45, 7) is -0.397. The van der Waals surface area contributed by atoms with E-state index in [1.807, 2.05) is 30.3 Å². The minimum Gasteiger partial charge on any atom is -0.394 e. The zero-order chi connectivity index (χ0) is 13.7. The van der Waals surface area contributed by atoms with Crippen molar-refractivity contribution in [2.45, 2.75) is 6.10 Å². The Balaban J connectivity index is 2.03. The number of hydrogen-bond donors (Lipinski definition) is 3. The highest BCUT2D eigenvalue weighted by Crippen LogP contribution is 2.06. The van der Waals surface area contributed by atoms with Crippen LogP contribution in [0.3, 0.4) is 0 Å². The van der Waals surface area contributed by atoms with Crippen molar-refractivity contribution >= 4 is 5.91 Å². The number of aliphatic hydroxyl groups excluding tert-OH is 2. The van der Waals surface area contributed by atoms with Crippen molar-refractivity contribution in [3.8, 4) is 5.69 Å². The van der Waals surface area contributed by atoms with Gasteiger partial charge in [0.15, 0.2) is 5.69 Å². The highest BCUT2D eigenvalue weighted by Gasteiger charge is 2.11. The molecule has 2 rings (SSSR count). The Morgan fingerprint density at radius 3 is 2.74 bits per heavy atom. The van der Waals surface area contributed by atoms with E-state index in [0.717, 1.165) is 5.69 Å². The van der Waals surface area contributed by atoms with E-state index >= 15 is 0 Å². The highest BCUT2D eigenvalue weighted by molar-refractivity contribution is 5.92. The molecular weight excluding hydrogens is 246 g/mol. The van der Waals surface area contributed by atoms with E-state index < -0.39 is 12.7 Å². The Hall–Kier alpha value is -2.18. The molecule has 0 saturated carbocycles. The van der Waals surface area contributed by atoms with E-state index in [-0.39, 0.29) is 18.1 Å². The molecule has 6 heteroatoms. The first-order chi connectivity index (χ1) is 9.20. The Labute approximate surface area is 110 Å². The van der Waals surface area contributed by atoms with Gasteiger partial charge in [0, 0.05) is 12.7 Å². The number of rotatable bonds is 5. The standard InChI is InChI=1S/C13H15N3O3/c17-9-11(18)8-14-13(19)12-6-7-16(15-12)10-4-2-1-3-5-10/h1-7,11,17-18H,8-9H2,(H,14,19). The van der Waals surface area contributed by atoms with E-state index in [0.29, 0.717) is 0 Å². The molecule has 1 amide bonds. The molecule has 1 aromatic carbocycles. The first-order valence-electron chi connectivity index (χ1n) is 5.89. The third-order valence-corrected chi connectivity index (χ3v) is 2.55. The lowest BCUT2D eigenvalue weighted by Crippen LogP contribution is -2.34. The van der Waals surface area contributed by atoms with Gasteiger partial charge in [-0.25, -0.2) is 4.68 Å². The normalized spacial score (nSPS) is 12.1. The van der Waals surface area contributed by atoms with Crippen LogP contribution in [0.1, 0.15) is 10.5 Å². The van der Waals surface area contributed by atoms with Crippen LogP contribution >= 0.6 is 0 Å². The lowest BCUT2D eigenvalue weighted by Gasteiger charge is -2.07. The third-order valence-electron chi connectivity index (χ3n) is 2.55. The number of benzene rings is 1. The van der Waals surface area contributed by atoms with Gasteiger partial charge >= 0.3 is 0 Å². The van der Waals surface area contributed by atoms with Gasteiger partial charge in [0.25, 0.3) is 5.91 Å². The van der Waals surface area contributed by atoms with Gasteiger partial charge in [-0.2, -0.15) is 5.10 Å². The number of carbonyl (C=O) groups is 1. The average molecular weight is 261 g/mol. The van der Waals surface area contributed by atoms with Gasteiger partial charge in [-0.3, -0.25) is 4.79 Å². The van der Waals surface area contributed by atoms with Gasteiger partial charge in [0.2, 0.25) is 0 Å². The number of hydrogen-bond acceptors (Lipinski definition) is 4. The van der Waals surface area contributed by atoms with Crippen molar-refractivity contribution in [2.24, 2.45) is 0 Å². The number of aliphatic hydroxyl groups is 2. The van der Waals surface area contributed by atoms with Crippen LogP contribution < -0.4 is 5.32 Å². The van der Waals surface area contributed by atoms with Crippen molar-refractivity contribution in [2.75, 3.05) is 13.2 Å². The van der Waals surface area contributed by atoms with E-state index in [9.17, 15) is 4.79 Å². The Morgan fingerprint density at radius 2 is 2.05 bits per heavy atom. The Bertz CT molecular complexity index is 539. The summed E-state index contributed by atoms with van der Waals surface area (Å²) in [6.07, 6.45) is 0.729. The minimum absolute atomic E-state index is 0.00642. The number of para-hydroxylation sites is 1. The van der Waals surface area contributed by atoms with Crippen molar-refractivity contribution in [1.82, 2.24) is 15.1 Å². The number of nitrogens with zero attached hydrogens (tertiary/aromatic N) is 2. The smallest absolute Gasteiger partial charge is 0.271 e. The average Bonchev–Trinajstić information content (AvgIpc) is 2.95. The zero-order valence-electron chi connectivity index (χ0n) is 10.2. The Morgan fingerprint density at radius 1 is 1.32 bits per heavy atom. The summed E-state index contributed by atoms with van der Waals surface area (Å²) < 4.78 is 1.59. The van der Waals surface area contributed by atoms with Gasteiger partial charge in [0.05, 0.1) is 18.4 Å². The van der Waals surface area contributed by atoms with Crippen LogP contribution in [0.2, 0.25) is 0 Å². The maximum atomic E-state index is 11.7. The van der Waals surface area contributed by atoms with Crippen LogP contribution in [-0.2, 0) is 0 Å². The van der Waals surface area contributed by atoms with Crippen molar-refractivity contribution in [3.63, 3.8) is 0 Å². The van der Waals surface area contributed by atoms with E-state index in [1.54, 1.807) is 16.9 Å². The molecule has 19 heavy (non-hydrogen) atoms. The van der Waals surface area contributed by atoms with Gasteiger partial charge in [0.1, 0.15) is 0 Å². The molecule has 1 unspecified atom stereocenters. The largest absolute Gasteiger partial charge is 0.394 e. The molecule has 0 aliphatic rings. The van der Waals surface area contributed by atoms with Crippen LogP contribution in [0.15, 0.2) is 42.6 Å². The summed E-state index contributed by atoms with van der Waals surface area (Å²) in [5.41, 5.74) is 1.12. The second kappa shape index (κ2) is 6.12. The van der Waals surface area contributed by atoms with Gasteiger partial charge < -0.3 is 15.5 Å². The van der Waals surface area contributed by atoms with Crippen LogP contribution in [-0.4, -0.2) is 45.2 Å². The fourth-order valence-electron chi connectivity index (χ4n) is 1.54. The first-order valence-corrected chi connectivity index (χ1v) is 5.89. The van der Waals surface area contributed by atoms with Gasteiger partial charge in [-0.05, 0) is 18.2 Å². The molecule has 100 valence electrons.